The van der Waals surface area contributed by atoms with Crippen LogP contribution in [0.1, 0.15) is 33.3 Å². The van der Waals surface area contributed by atoms with E-state index in [1.54, 1.807) is 6.92 Å². The Labute approximate surface area is 92.3 Å². The first-order chi connectivity index (χ1) is 6.89. The molecule has 0 amide bonds. The van der Waals surface area contributed by atoms with Gasteiger partial charge in [0, 0.05) is 12.2 Å². The maximum Gasteiger partial charge on any atom is 0.0684 e. The van der Waals surface area contributed by atoms with Crippen LogP contribution in [0, 0.1) is 0 Å². The molecule has 0 bridgehead atoms. The zero-order chi connectivity index (χ0) is 11.5. The highest BCUT2D eigenvalue weighted by Crippen LogP contribution is 2.23. The van der Waals surface area contributed by atoms with Gasteiger partial charge in [-0.1, -0.05) is 32.9 Å². The molecule has 0 unspecified atom stereocenters. The lowest BCUT2D eigenvalue weighted by molar-refractivity contribution is 0.208. The molecule has 0 aromatic heterocycles. The summed E-state index contributed by atoms with van der Waals surface area (Å²) >= 11 is 0. The quantitative estimate of drug-likeness (QED) is 0.798. The summed E-state index contributed by atoms with van der Waals surface area (Å²) in [7, 11) is 0. The highest BCUT2D eigenvalue weighted by molar-refractivity contribution is 5.45. The number of hydrogen-bond acceptors (Lipinski definition) is 2. The Balaban J connectivity index is 2.65. The third kappa shape index (κ3) is 3.92. The molecule has 1 atom stereocenters. The van der Waals surface area contributed by atoms with Crippen molar-refractivity contribution < 1.29 is 5.11 Å². The van der Waals surface area contributed by atoms with E-state index in [1.165, 1.54) is 5.56 Å². The summed E-state index contributed by atoms with van der Waals surface area (Å²) < 4.78 is 0. The van der Waals surface area contributed by atoms with Crippen LogP contribution in [0.5, 0.6) is 0 Å². The van der Waals surface area contributed by atoms with Crippen LogP contribution in [0.25, 0.3) is 0 Å². The standard InChI is InChI=1S/C13H21NO/c1-10(15)9-14-12-7-5-11(6-8-12)13(2,3)4/h5-8,10,14-15H,9H2,1-4H3/t10-/m0/s1. The van der Waals surface area contributed by atoms with Crippen molar-refractivity contribution in [1.29, 1.82) is 0 Å². The van der Waals surface area contributed by atoms with Crippen molar-refractivity contribution in [2.24, 2.45) is 0 Å². The van der Waals surface area contributed by atoms with Gasteiger partial charge in [0.25, 0.3) is 0 Å². The second kappa shape index (κ2) is 4.67. The monoisotopic (exact) mass is 207 g/mol. The van der Waals surface area contributed by atoms with E-state index in [0.29, 0.717) is 6.54 Å². The fourth-order valence-corrected chi connectivity index (χ4v) is 1.35. The lowest BCUT2D eigenvalue weighted by atomic mass is 9.87. The Kier molecular flexibility index (Phi) is 3.75. The first kappa shape index (κ1) is 12.1. The molecule has 2 heteroatoms. The maximum atomic E-state index is 9.14. The van der Waals surface area contributed by atoms with E-state index in [-0.39, 0.29) is 11.5 Å². The molecular formula is C13H21NO. The number of aliphatic hydroxyl groups excluding tert-OH is 1. The highest BCUT2D eigenvalue weighted by Gasteiger charge is 2.12. The fourth-order valence-electron chi connectivity index (χ4n) is 1.35. The van der Waals surface area contributed by atoms with Gasteiger partial charge in [0.1, 0.15) is 0 Å². The fraction of sp³-hybridized carbons (Fsp3) is 0.538. The summed E-state index contributed by atoms with van der Waals surface area (Å²) in [6, 6.07) is 8.38. The van der Waals surface area contributed by atoms with Crippen molar-refractivity contribution in [3.63, 3.8) is 0 Å². The van der Waals surface area contributed by atoms with Crippen molar-refractivity contribution in [2.75, 3.05) is 11.9 Å². The molecule has 2 N–H and O–H groups in total. The van der Waals surface area contributed by atoms with Crippen LogP contribution in [0.3, 0.4) is 0 Å². The topological polar surface area (TPSA) is 32.3 Å². The predicted molar refractivity (Wildman–Crippen MR) is 65.3 cm³/mol. The smallest absolute Gasteiger partial charge is 0.0684 e. The van der Waals surface area contributed by atoms with E-state index in [0.717, 1.165) is 5.69 Å². The van der Waals surface area contributed by atoms with E-state index in [9.17, 15) is 0 Å². The molecule has 84 valence electrons. The van der Waals surface area contributed by atoms with Gasteiger partial charge in [-0.25, -0.2) is 0 Å². The van der Waals surface area contributed by atoms with Crippen LogP contribution < -0.4 is 5.32 Å². The molecule has 0 spiro atoms. The summed E-state index contributed by atoms with van der Waals surface area (Å²) in [6.45, 7) is 8.97. The summed E-state index contributed by atoms with van der Waals surface area (Å²) in [5.41, 5.74) is 2.58. The van der Waals surface area contributed by atoms with Crippen LogP contribution in [0.2, 0.25) is 0 Å². The minimum Gasteiger partial charge on any atom is -0.392 e. The van der Waals surface area contributed by atoms with Crippen molar-refractivity contribution in [2.45, 2.75) is 39.2 Å². The molecule has 2 nitrogen and oxygen atoms in total. The van der Waals surface area contributed by atoms with E-state index in [4.69, 9.17) is 5.11 Å². The SMILES string of the molecule is C[C@H](O)CNc1ccc(C(C)(C)C)cc1. The molecule has 0 heterocycles. The van der Waals surface area contributed by atoms with Crippen molar-refractivity contribution in [1.82, 2.24) is 0 Å². The Hall–Kier alpha value is -1.02. The molecule has 0 aliphatic carbocycles. The van der Waals surface area contributed by atoms with Gasteiger partial charge < -0.3 is 10.4 Å². The van der Waals surface area contributed by atoms with Crippen LogP contribution in [0.4, 0.5) is 5.69 Å². The largest absolute Gasteiger partial charge is 0.392 e. The van der Waals surface area contributed by atoms with Gasteiger partial charge in [0.15, 0.2) is 0 Å². The molecule has 0 aliphatic heterocycles. The predicted octanol–water partition coefficient (Wildman–Crippen LogP) is 2.78. The van der Waals surface area contributed by atoms with Crippen LogP contribution in [-0.4, -0.2) is 17.8 Å². The van der Waals surface area contributed by atoms with E-state index >= 15 is 0 Å². The molecule has 0 saturated heterocycles. The molecule has 1 aromatic carbocycles. The van der Waals surface area contributed by atoms with Gasteiger partial charge in [-0.15, -0.1) is 0 Å². The Morgan fingerprint density at radius 3 is 2.13 bits per heavy atom. The Morgan fingerprint density at radius 2 is 1.73 bits per heavy atom. The number of nitrogens with one attached hydrogen (secondary N) is 1. The van der Waals surface area contributed by atoms with Gasteiger partial charge in [0.05, 0.1) is 6.10 Å². The first-order valence-corrected chi connectivity index (χ1v) is 5.42. The van der Waals surface area contributed by atoms with Crippen LogP contribution >= 0.6 is 0 Å². The second-order valence-corrected chi connectivity index (χ2v) is 5.06. The van der Waals surface area contributed by atoms with Crippen molar-refractivity contribution in [3.05, 3.63) is 29.8 Å². The average Bonchev–Trinajstić information content (AvgIpc) is 2.14. The van der Waals surface area contributed by atoms with E-state index in [2.05, 4.69) is 50.4 Å². The lowest BCUT2D eigenvalue weighted by Crippen LogP contribution is -2.15. The summed E-state index contributed by atoms with van der Waals surface area (Å²) in [5.74, 6) is 0. The van der Waals surface area contributed by atoms with Gasteiger partial charge in [-0.3, -0.25) is 0 Å². The summed E-state index contributed by atoms with van der Waals surface area (Å²) in [5, 5.41) is 12.3. The third-order valence-corrected chi connectivity index (χ3v) is 2.35. The van der Waals surface area contributed by atoms with Crippen LogP contribution in [0.15, 0.2) is 24.3 Å². The number of anilines is 1. The van der Waals surface area contributed by atoms with Crippen molar-refractivity contribution in [3.8, 4) is 0 Å². The number of hydrogen-bond donors (Lipinski definition) is 2. The minimum atomic E-state index is -0.313. The molecule has 1 rings (SSSR count). The zero-order valence-electron chi connectivity index (χ0n) is 10.0. The highest BCUT2D eigenvalue weighted by atomic mass is 16.3. The minimum absolute atomic E-state index is 0.197. The molecule has 0 radical (unpaired) electrons. The van der Waals surface area contributed by atoms with Gasteiger partial charge >= 0.3 is 0 Å². The van der Waals surface area contributed by atoms with Crippen molar-refractivity contribution >= 4 is 5.69 Å². The zero-order valence-corrected chi connectivity index (χ0v) is 10.0. The lowest BCUT2D eigenvalue weighted by Gasteiger charge is -2.19. The van der Waals surface area contributed by atoms with Crippen LogP contribution in [-0.2, 0) is 5.41 Å². The van der Waals surface area contributed by atoms with Gasteiger partial charge in [0.2, 0.25) is 0 Å². The number of benzene rings is 1. The Morgan fingerprint density at radius 1 is 1.20 bits per heavy atom. The van der Waals surface area contributed by atoms with Gasteiger partial charge in [-0.05, 0) is 30.0 Å². The first-order valence-electron chi connectivity index (χ1n) is 5.42. The third-order valence-electron chi connectivity index (χ3n) is 2.35. The number of rotatable bonds is 3. The van der Waals surface area contributed by atoms with E-state index < -0.39 is 0 Å². The number of aliphatic hydroxyl groups is 1. The Bertz CT molecular complexity index is 295. The molecule has 0 fully saturated rings. The normalized spacial score (nSPS) is 13.7. The maximum absolute atomic E-state index is 9.14. The second-order valence-electron chi connectivity index (χ2n) is 5.06. The molecule has 1 aromatic rings. The summed E-state index contributed by atoms with van der Waals surface area (Å²) in [4.78, 5) is 0. The molecular weight excluding hydrogens is 186 g/mol. The molecule has 15 heavy (non-hydrogen) atoms. The molecule has 0 aliphatic rings. The van der Waals surface area contributed by atoms with Gasteiger partial charge in [-0.2, -0.15) is 0 Å². The molecule has 0 saturated carbocycles. The summed E-state index contributed by atoms with van der Waals surface area (Å²) in [6.07, 6.45) is -0.313. The average molecular weight is 207 g/mol. The van der Waals surface area contributed by atoms with E-state index in [1.807, 2.05) is 0 Å².